The Balaban J connectivity index is 2.43. The molecule has 138 valence electrons. The standard InChI is InChI=1S/C18H25ClN2O4/c1-18(2,3)25-17(23)20-16(12-22)10-9-15(11-19)21-24-13-14-7-5-4-6-8-14/h4-8,12,16H,9-11,13H2,1-3H3,(H,20,23)/b21-15-. The number of oxime groups is 1. The van der Waals surface area contributed by atoms with Crippen molar-refractivity contribution in [3.05, 3.63) is 35.9 Å². The molecule has 1 rings (SSSR count). The van der Waals surface area contributed by atoms with Crippen LogP contribution in [0.15, 0.2) is 35.5 Å². The number of hydrogen-bond donors (Lipinski definition) is 1. The Labute approximate surface area is 153 Å². The highest BCUT2D eigenvalue weighted by atomic mass is 35.5. The number of ether oxygens (including phenoxy) is 1. The van der Waals surface area contributed by atoms with E-state index in [2.05, 4.69) is 10.5 Å². The second kappa shape index (κ2) is 10.7. The molecular weight excluding hydrogens is 344 g/mol. The lowest BCUT2D eigenvalue weighted by Gasteiger charge is -2.21. The lowest BCUT2D eigenvalue weighted by molar-refractivity contribution is -0.109. The van der Waals surface area contributed by atoms with E-state index in [4.69, 9.17) is 21.2 Å². The van der Waals surface area contributed by atoms with Crippen molar-refractivity contribution in [2.24, 2.45) is 5.16 Å². The van der Waals surface area contributed by atoms with E-state index in [0.717, 1.165) is 5.56 Å². The van der Waals surface area contributed by atoms with Gasteiger partial charge < -0.3 is 19.7 Å². The Morgan fingerprint density at radius 1 is 1.32 bits per heavy atom. The smallest absolute Gasteiger partial charge is 0.408 e. The summed E-state index contributed by atoms with van der Waals surface area (Å²) in [7, 11) is 0. The Bertz CT molecular complexity index is 570. The van der Waals surface area contributed by atoms with E-state index >= 15 is 0 Å². The number of alkyl carbamates (subject to hydrolysis) is 1. The number of carbonyl (C=O) groups is 2. The summed E-state index contributed by atoms with van der Waals surface area (Å²) in [5.74, 6) is 0.187. The molecule has 0 fully saturated rings. The average Bonchev–Trinajstić information content (AvgIpc) is 2.55. The zero-order valence-electron chi connectivity index (χ0n) is 14.8. The van der Waals surface area contributed by atoms with E-state index in [0.29, 0.717) is 31.4 Å². The Kier molecular flexibility index (Phi) is 8.99. The van der Waals surface area contributed by atoms with Crippen LogP contribution in [0, 0.1) is 0 Å². The van der Waals surface area contributed by atoms with Crippen LogP contribution in [0.5, 0.6) is 0 Å². The third-order valence-electron chi connectivity index (χ3n) is 3.03. The van der Waals surface area contributed by atoms with Gasteiger partial charge in [0.15, 0.2) is 0 Å². The summed E-state index contributed by atoms with van der Waals surface area (Å²) in [5.41, 5.74) is 0.985. The van der Waals surface area contributed by atoms with E-state index in [9.17, 15) is 9.59 Å². The van der Waals surface area contributed by atoms with Crippen LogP contribution in [0.1, 0.15) is 39.2 Å². The molecule has 0 aliphatic rings. The highest BCUT2D eigenvalue weighted by Gasteiger charge is 2.19. The molecule has 0 saturated carbocycles. The van der Waals surface area contributed by atoms with Crippen molar-refractivity contribution in [3.8, 4) is 0 Å². The molecule has 0 radical (unpaired) electrons. The molecule has 0 spiro atoms. The molecule has 0 bridgehead atoms. The number of amides is 1. The number of rotatable bonds is 9. The van der Waals surface area contributed by atoms with Gasteiger partial charge in [-0.05, 0) is 39.2 Å². The highest BCUT2D eigenvalue weighted by molar-refractivity contribution is 6.28. The van der Waals surface area contributed by atoms with Crippen LogP contribution in [-0.4, -0.2) is 35.6 Å². The van der Waals surface area contributed by atoms with E-state index in [-0.39, 0.29) is 5.88 Å². The molecule has 0 heterocycles. The maximum absolute atomic E-state index is 11.7. The van der Waals surface area contributed by atoms with Crippen molar-refractivity contribution < 1.29 is 19.2 Å². The first-order valence-corrected chi connectivity index (χ1v) is 8.60. The number of benzene rings is 1. The van der Waals surface area contributed by atoms with E-state index in [1.165, 1.54) is 0 Å². The average molecular weight is 369 g/mol. The molecule has 1 amide bonds. The van der Waals surface area contributed by atoms with Crippen LogP contribution in [0.25, 0.3) is 0 Å². The monoisotopic (exact) mass is 368 g/mol. The summed E-state index contributed by atoms with van der Waals surface area (Å²) in [6, 6.07) is 8.96. The third-order valence-corrected chi connectivity index (χ3v) is 3.34. The Morgan fingerprint density at radius 2 is 2.00 bits per heavy atom. The predicted octanol–water partition coefficient (Wildman–Crippen LogP) is 3.67. The number of alkyl halides is 1. The molecule has 1 aromatic rings. The van der Waals surface area contributed by atoms with Gasteiger partial charge in [-0.1, -0.05) is 35.5 Å². The maximum Gasteiger partial charge on any atom is 0.408 e. The topological polar surface area (TPSA) is 77.0 Å². The molecular formula is C18H25ClN2O4. The van der Waals surface area contributed by atoms with Gasteiger partial charge in [-0.2, -0.15) is 0 Å². The molecule has 25 heavy (non-hydrogen) atoms. The molecule has 0 aliphatic carbocycles. The molecule has 7 heteroatoms. The van der Waals surface area contributed by atoms with Gasteiger partial charge >= 0.3 is 6.09 Å². The van der Waals surface area contributed by atoms with Crippen LogP contribution >= 0.6 is 11.6 Å². The number of hydrogen-bond acceptors (Lipinski definition) is 5. The zero-order chi connectivity index (χ0) is 18.7. The SMILES string of the molecule is CC(C)(C)OC(=O)NC(C=O)CC/C(CCl)=N/OCc1ccccc1. The minimum absolute atomic E-state index is 0.187. The number of carbonyl (C=O) groups excluding carboxylic acids is 2. The number of nitrogens with zero attached hydrogens (tertiary/aromatic N) is 1. The molecule has 1 atom stereocenters. The van der Waals surface area contributed by atoms with Crippen LogP contribution < -0.4 is 5.32 Å². The van der Waals surface area contributed by atoms with Crippen molar-refractivity contribution in [2.75, 3.05) is 5.88 Å². The molecule has 6 nitrogen and oxygen atoms in total. The molecule has 0 aliphatic heterocycles. The minimum atomic E-state index is -0.669. The lowest BCUT2D eigenvalue weighted by Crippen LogP contribution is -2.40. The molecule has 1 N–H and O–H groups in total. The van der Waals surface area contributed by atoms with Crippen LogP contribution in [-0.2, 0) is 21.0 Å². The second-order valence-corrected chi connectivity index (χ2v) is 6.74. The fraction of sp³-hybridized carbons (Fsp3) is 0.500. The summed E-state index contributed by atoms with van der Waals surface area (Å²) in [4.78, 5) is 28.1. The van der Waals surface area contributed by atoms with Crippen LogP contribution in [0.3, 0.4) is 0 Å². The summed E-state index contributed by atoms with van der Waals surface area (Å²) >= 11 is 5.86. The van der Waals surface area contributed by atoms with Gasteiger partial charge in [0, 0.05) is 0 Å². The van der Waals surface area contributed by atoms with Gasteiger partial charge in [0.25, 0.3) is 0 Å². The molecule has 0 saturated heterocycles. The summed E-state index contributed by atoms with van der Waals surface area (Å²) in [6.45, 7) is 5.61. The van der Waals surface area contributed by atoms with Crippen molar-refractivity contribution >= 4 is 29.7 Å². The first-order valence-electron chi connectivity index (χ1n) is 8.06. The molecule has 1 unspecified atom stereocenters. The van der Waals surface area contributed by atoms with Crippen molar-refractivity contribution in [1.82, 2.24) is 5.32 Å². The van der Waals surface area contributed by atoms with Gasteiger partial charge in [-0.25, -0.2) is 4.79 Å². The predicted molar refractivity (Wildman–Crippen MR) is 97.8 cm³/mol. The van der Waals surface area contributed by atoms with Crippen LogP contribution in [0.4, 0.5) is 4.79 Å². The zero-order valence-corrected chi connectivity index (χ0v) is 15.6. The van der Waals surface area contributed by atoms with E-state index in [1.807, 2.05) is 30.3 Å². The van der Waals surface area contributed by atoms with Crippen molar-refractivity contribution in [2.45, 2.75) is 51.9 Å². The quantitative estimate of drug-likeness (QED) is 0.312. The Hall–Kier alpha value is -2.08. The third kappa shape index (κ3) is 9.72. The summed E-state index contributed by atoms with van der Waals surface area (Å²) in [5, 5.41) is 6.52. The number of halogens is 1. The minimum Gasteiger partial charge on any atom is -0.444 e. The normalized spacial score (nSPS) is 13.0. The number of aldehydes is 1. The fourth-order valence-electron chi connectivity index (χ4n) is 1.86. The molecule has 1 aromatic carbocycles. The first kappa shape index (κ1) is 21.0. The molecule has 0 aromatic heterocycles. The van der Waals surface area contributed by atoms with E-state index < -0.39 is 17.7 Å². The van der Waals surface area contributed by atoms with Gasteiger partial charge in [0.1, 0.15) is 18.5 Å². The lowest BCUT2D eigenvalue weighted by atomic mass is 10.1. The second-order valence-electron chi connectivity index (χ2n) is 6.48. The van der Waals surface area contributed by atoms with E-state index in [1.54, 1.807) is 20.8 Å². The van der Waals surface area contributed by atoms with Gasteiger partial charge in [-0.15, -0.1) is 11.6 Å². The fourth-order valence-corrected chi connectivity index (χ4v) is 2.05. The summed E-state index contributed by atoms with van der Waals surface area (Å²) < 4.78 is 5.13. The summed E-state index contributed by atoms with van der Waals surface area (Å²) in [6.07, 6.45) is 0.829. The maximum atomic E-state index is 11.7. The first-order chi connectivity index (χ1) is 11.8. The largest absolute Gasteiger partial charge is 0.444 e. The van der Waals surface area contributed by atoms with Crippen LogP contribution in [0.2, 0.25) is 0 Å². The van der Waals surface area contributed by atoms with Gasteiger partial charge in [0.2, 0.25) is 0 Å². The number of nitrogens with one attached hydrogen (secondary N) is 1. The van der Waals surface area contributed by atoms with Crippen molar-refractivity contribution in [3.63, 3.8) is 0 Å². The van der Waals surface area contributed by atoms with Gasteiger partial charge in [0.05, 0.1) is 17.6 Å². The highest BCUT2D eigenvalue weighted by Crippen LogP contribution is 2.08. The van der Waals surface area contributed by atoms with Crippen molar-refractivity contribution in [1.29, 1.82) is 0 Å². The Morgan fingerprint density at radius 3 is 2.56 bits per heavy atom. The van der Waals surface area contributed by atoms with Gasteiger partial charge in [-0.3, -0.25) is 0 Å².